The highest BCUT2D eigenvalue weighted by Crippen LogP contribution is 2.20. The molecule has 0 aromatic heterocycles. The summed E-state index contributed by atoms with van der Waals surface area (Å²) in [7, 11) is 0. The summed E-state index contributed by atoms with van der Waals surface area (Å²) in [5.41, 5.74) is 2.14. The van der Waals surface area contributed by atoms with Gasteiger partial charge in [0.15, 0.2) is 5.11 Å². The van der Waals surface area contributed by atoms with Gasteiger partial charge in [-0.15, -0.1) is 0 Å². The molecular formula is C21H23FN4O2S. The Morgan fingerprint density at radius 2 is 1.62 bits per heavy atom. The number of carbonyl (C=O) groups is 2. The van der Waals surface area contributed by atoms with Crippen LogP contribution in [0, 0.1) is 5.82 Å². The fourth-order valence-corrected chi connectivity index (χ4v) is 3.34. The minimum absolute atomic E-state index is 0.166. The van der Waals surface area contributed by atoms with E-state index in [1.165, 1.54) is 24.3 Å². The number of nitrogens with zero attached hydrogens (tertiary/aromatic N) is 2. The number of thiocarbonyl (C=S) groups is 1. The van der Waals surface area contributed by atoms with Crippen LogP contribution in [0.25, 0.3) is 0 Å². The average Bonchev–Trinajstić information content (AvgIpc) is 2.74. The highest BCUT2D eigenvalue weighted by Gasteiger charge is 2.20. The first-order valence-electron chi connectivity index (χ1n) is 9.47. The van der Waals surface area contributed by atoms with Crippen molar-refractivity contribution in [3.8, 4) is 0 Å². The van der Waals surface area contributed by atoms with Gasteiger partial charge in [-0.25, -0.2) is 4.39 Å². The molecule has 0 saturated carbocycles. The predicted molar refractivity (Wildman–Crippen MR) is 116 cm³/mol. The Bertz CT molecular complexity index is 879. The Kier molecular flexibility index (Phi) is 6.77. The third kappa shape index (κ3) is 5.51. The van der Waals surface area contributed by atoms with Gasteiger partial charge in [0.1, 0.15) is 5.82 Å². The molecule has 1 saturated heterocycles. The summed E-state index contributed by atoms with van der Waals surface area (Å²) in [5, 5.41) is 5.71. The number of carbonyl (C=O) groups excluding carboxylic acids is 2. The number of amides is 2. The van der Waals surface area contributed by atoms with Crippen molar-refractivity contribution in [2.75, 3.05) is 36.4 Å². The van der Waals surface area contributed by atoms with Crippen LogP contribution in [0.5, 0.6) is 0 Å². The summed E-state index contributed by atoms with van der Waals surface area (Å²) in [6.07, 6.45) is 0.540. The van der Waals surface area contributed by atoms with Crippen LogP contribution in [0.3, 0.4) is 0 Å². The molecular weight excluding hydrogens is 391 g/mol. The van der Waals surface area contributed by atoms with E-state index in [1.807, 2.05) is 36.1 Å². The number of nitrogens with one attached hydrogen (secondary N) is 2. The van der Waals surface area contributed by atoms with Gasteiger partial charge >= 0.3 is 0 Å². The van der Waals surface area contributed by atoms with Gasteiger partial charge in [-0.1, -0.05) is 6.92 Å². The maximum absolute atomic E-state index is 12.9. The molecule has 0 unspecified atom stereocenters. The zero-order valence-electron chi connectivity index (χ0n) is 16.2. The van der Waals surface area contributed by atoms with Crippen LogP contribution in [0.15, 0.2) is 48.5 Å². The number of piperazine rings is 1. The highest BCUT2D eigenvalue weighted by molar-refractivity contribution is 7.80. The monoisotopic (exact) mass is 414 g/mol. The van der Waals surface area contributed by atoms with Crippen LogP contribution in [0.4, 0.5) is 15.8 Å². The van der Waals surface area contributed by atoms with Gasteiger partial charge in [0.25, 0.3) is 5.91 Å². The summed E-state index contributed by atoms with van der Waals surface area (Å²) >= 11 is 5.18. The Morgan fingerprint density at radius 1 is 1.00 bits per heavy atom. The first kappa shape index (κ1) is 20.7. The topological polar surface area (TPSA) is 64.7 Å². The molecule has 2 amide bonds. The fourth-order valence-electron chi connectivity index (χ4n) is 3.13. The molecule has 0 aliphatic carbocycles. The lowest BCUT2D eigenvalue weighted by atomic mass is 10.2. The van der Waals surface area contributed by atoms with Crippen LogP contribution < -0.4 is 15.5 Å². The lowest BCUT2D eigenvalue weighted by Gasteiger charge is -2.36. The second-order valence-electron chi connectivity index (χ2n) is 6.68. The minimum atomic E-state index is -0.404. The Balaban J connectivity index is 1.51. The quantitative estimate of drug-likeness (QED) is 0.753. The SMILES string of the molecule is CCC(=O)N1CCN(c2ccc(NC(=S)NC(=O)c3ccc(F)cc3)cc2)CC1. The summed E-state index contributed by atoms with van der Waals surface area (Å²) in [6, 6.07) is 13.0. The van der Waals surface area contributed by atoms with E-state index in [2.05, 4.69) is 15.5 Å². The van der Waals surface area contributed by atoms with E-state index in [0.717, 1.165) is 37.6 Å². The van der Waals surface area contributed by atoms with Crippen molar-refractivity contribution in [1.82, 2.24) is 10.2 Å². The Morgan fingerprint density at radius 3 is 2.21 bits per heavy atom. The normalized spacial score (nSPS) is 13.7. The molecule has 1 aliphatic rings. The number of benzene rings is 2. The van der Waals surface area contributed by atoms with Crippen molar-refractivity contribution in [3.63, 3.8) is 0 Å². The van der Waals surface area contributed by atoms with E-state index in [-0.39, 0.29) is 11.0 Å². The Labute approximate surface area is 174 Å². The van der Waals surface area contributed by atoms with E-state index in [1.54, 1.807) is 0 Å². The van der Waals surface area contributed by atoms with Gasteiger partial charge in [0, 0.05) is 49.5 Å². The van der Waals surface area contributed by atoms with Crippen molar-refractivity contribution in [2.24, 2.45) is 0 Å². The molecule has 8 heteroatoms. The first-order chi connectivity index (χ1) is 14.0. The molecule has 29 heavy (non-hydrogen) atoms. The van der Waals surface area contributed by atoms with E-state index in [4.69, 9.17) is 12.2 Å². The maximum atomic E-state index is 12.9. The lowest BCUT2D eigenvalue weighted by Crippen LogP contribution is -2.48. The van der Waals surface area contributed by atoms with Crippen LogP contribution >= 0.6 is 12.2 Å². The van der Waals surface area contributed by atoms with E-state index in [0.29, 0.717) is 12.0 Å². The average molecular weight is 415 g/mol. The second kappa shape index (κ2) is 9.47. The number of halogens is 1. The number of anilines is 2. The second-order valence-corrected chi connectivity index (χ2v) is 7.09. The van der Waals surface area contributed by atoms with E-state index < -0.39 is 11.7 Å². The van der Waals surface area contributed by atoms with Crippen LogP contribution in [0.2, 0.25) is 0 Å². The molecule has 6 nitrogen and oxygen atoms in total. The van der Waals surface area contributed by atoms with Crippen molar-refractivity contribution < 1.29 is 14.0 Å². The number of hydrogen-bond acceptors (Lipinski definition) is 4. The summed E-state index contributed by atoms with van der Waals surface area (Å²) in [5.74, 6) is -0.611. The van der Waals surface area contributed by atoms with Crippen molar-refractivity contribution in [2.45, 2.75) is 13.3 Å². The summed E-state index contributed by atoms with van der Waals surface area (Å²) < 4.78 is 12.9. The molecule has 1 fully saturated rings. The molecule has 2 aromatic carbocycles. The van der Waals surface area contributed by atoms with Crippen molar-refractivity contribution in [1.29, 1.82) is 0 Å². The fraction of sp³-hybridized carbons (Fsp3) is 0.286. The van der Waals surface area contributed by atoms with Crippen molar-refractivity contribution >= 4 is 40.5 Å². The molecule has 3 rings (SSSR count). The Hall–Kier alpha value is -3.00. The summed E-state index contributed by atoms with van der Waals surface area (Å²) in [6.45, 7) is 4.93. The smallest absolute Gasteiger partial charge is 0.257 e. The zero-order chi connectivity index (χ0) is 20.8. The van der Waals surface area contributed by atoms with E-state index >= 15 is 0 Å². The van der Waals surface area contributed by atoms with Gasteiger partial charge in [-0.3, -0.25) is 14.9 Å². The van der Waals surface area contributed by atoms with Crippen LogP contribution in [-0.4, -0.2) is 48.0 Å². The predicted octanol–water partition coefficient (Wildman–Crippen LogP) is 3.01. The number of rotatable bonds is 4. The molecule has 0 spiro atoms. The van der Waals surface area contributed by atoms with Crippen LogP contribution in [0.1, 0.15) is 23.7 Å². The molecule has 0 bridgehead atoms. The zero-order valence-corrected chi connectivity index (χ0v) is 17.0. The maximum Gasteiger partial charge on any atom is 0.257 e. The third-order valence-electron chi connectivity index (χ3n) is 4.76. The summed E-state index contributed by atoms with van der Waals surface area (Å²) in [4.78, 5) is 28.0. The van der Waals surface area contributed by atoms with Gasteiger partial charge in [-0.2, -0.15) is 0 Å². The molecule has 0 atom stereocenters. The van der Waals surface area contributed by atoms with Gasteiger partial charge in [0.05, 0.1) is 0 Å². The van der Waals surface area contributed by atoms with E-state index in [9.17, 15) is 14.0 Å². The molecule has 1 aliphatic heterocycles. The molecule has 1 heterocycles. The number of hydrogen-bond donors (Lipinski definition) is 2. The van der Waals surface area contributed by atoms with Crippen LogP contribution in [-0.2, 0) is 4.79 Å². The largest absolute Gasteiger partial charge is 0.368 e. The third-order valence-corrected chi connectivity index (χ3v) is 4.96. The molecule has 2 N–H and O–H groups in total. The van der Waals surface area contributed by atoms with Gasteiger partial charge in [-0.05, 0) is 60.7 Å². The molecule has 0 radical (unpaired) electrons. The van der Waals surface area contributed by atoms with Gasteiger partial charge in [0.2, 0.25) is 5.91 Å². The van der Waals surface area contributed by atoms with Gasteiger partial charge < -0.3 is 15.1 Å². The molecule has 2 aromatic rings. The minimum Gasteiger partial charge on any atom is -0.368 e. The lowest BCUT2D eigenvalue weighted by molar-refractivity contribution is -0.131. The molecule has 152 valence electrons. The first-order valence-corrected chi connectivity index (χ1v) is 9.88. The van der Waals surface area contributed by atoms with Crippen molar-refractivity contribution in [3.05, 3.63) is 59.9 Å². The highest BCUT2D eigenvalue weighted by atomic mass is 32.1. The standard InChI is InChI=1S/C21H23FN4O2S/c1-2-19(27)26-13-11-25(12-14-26)18-9-7-17(8-10-18)23-21(29)24-20(28)15-3-5-16(22)6-4-15/h3-10H,2,11-14H2,1H3,(H2,23,24,28,29).